The topological polar surface area (TPSA) is 38.8 Å². The smallest absolute Gasteiger partial charge is 0.341 e. The molecule has 0 saturated heterocycles. The maximum atomic E-state index is 12.1. The van der Waals surface area contributed by atoms with Gasteiger partial charge in [-0.05, 0) is 43.0 Å². The second-order valence-corrected chi connectivity index (χ2v) is 6.01. The van der Waals surface area contributed by atoms with Gasteiger partial charge in [0.2, 0.25) is 0 Å². The zero-order chi connectivity index (χ0) is 17.9. The van der Waals surface area contributed by atoms with Crippen LogP contribution in [0.1, 0.15) is 29.3 Å². The molecular formula is C19H22ClNO3. The van der Waals surface area contributed by atoms with Gasteiger partial charge in [-0.3, -0.25) is 0 Å². The van der Waals surface area contributed by atoms with Gasteiger partial charge in [-0.1, -0.05) is 30.3 Å². The molecule has 0 unspecified atom stereocenters. The van der Waals surface area contributed by atoms with Gasteiger partial charge in [0.25, 0.3) is 0 Å². The zero-order valence-electron chi connectivity index (χ0n) is 14.5. The monoisotopic (exact) mass is 347 g/mol. The van der Waals surface area contributed by atoms with Crippen LogP contribution in [0.25, 0.3) is 0 Å². The summed E-state index contributed by atoms with van der Waals surface area (Å²) in [5.74, 6) is 0.104. The minimum atomic E-state index is -0.405. The largest absolute Gasteiger partial charge is 0.496 e. The van der Waals surface area contributed by atoms with E-state index in [-0.39, 0.29) is 0 Å². The van der Waals surface area contributed by atoms with E-state index in [0.717, 1.165) is 22.5 Å². The number of aryl methyl sites for hydroxylation is 1. The summed E-state index contributed by atoms with van der Waals surface area (Å²) in [6, 6.07) is 5.52. The summed E-state index contributed by atoms with van der Waals surface area (Å²) in [6.07, 6.45) is 3.23. The number of benzene rings is 1. The molecule has 128 valence electrons. The molecule has 0 saturated carbocycles. The molecule has 1 aromatic carbocycles. The average molecular weight is 348 g/mol. The number of allylic oxidation sites excluding steroid dienone is 4. The maximum absolute atomic E-state index is 12.1. The SMILES string of the molecule is C=C1C(CCc2cccc(OC)c2C(=O)OC)=C(Cl)C=C(C)N1C. The number of rotatable bonds is 5. The molecule has 0 bridgehead atoms. The van der Waals surface area contributed by atoms with E-state index in [0.29, 0.717) is 29.2 Å². The molecule has 0 atom stereocenters. The van der Waals surface area contributed by atoms with Crippen LogP contribution in [0.3, 0.4) is 0 Å². The molecule has 0 fully saturated rings. The normalized spacial score (nSPS) is 14.6. The fourth-order valence-corrected chi connectivity index (χ4v) is 3.09. The third kappa shape index (κ3) is 3.49. The maximum Gasteiger partial charge on any atom is 0.341 e. The number of ether oxygens (including phenoxy) is 2. The van der Waals surface area contributed by atoms with Crippen LogP contribution in [0.4, 0.5) is 0 Å². The number of nitrogens with zero attached hydrogens (tertiary/aromatic N) is 1. The standard InChI is InChI=1S/C19H22ClNO3/c1-12-11-16(20)15(13(2)21(12)3)10-9-14-7-6-8-17(23-4)18(14)19(22)24-5/h6-8,11H,2,9-10H2,1,3-5H3. The second kappa shape index (κ2) is 7.58. The van der Waals surface area contributed by atoms with E-state index in [1.165, 1.54) is 14.2 Å². The summed E-state index contributed by atoms with van der Waals surface area (Å²) in [6.45, 7) is 6.11. The molecule has 2 rings (SSSR count). The van der Waals surface area contributed by atoms with E-state index in [9.17, 15) is 4.79 Å². The first-order valence-electron chi connectivity index (χ1n) is 7.64. The van der Waals surface area contributed by atoms with Crippen molar-refractivity contribution in [1.82, 2.24) is 4.90 Å². The van der Waals surface area contributed by atoms with Gasteiger partial charge in [0.05, 0.1) is 14.2 Å². The quantitative estimate of drug-likeness (QED) is 0.745. The molecule has 0 radical (unpaired) electrons. The van der Waals surface area contributed by atoms with Crippen LogP contribution in [0.5, 0.6) is 5.75 Å². The predicted molar refractivity (Wildman–Crippen MR) is 96.2 cm³/mol. The van der Waals surface area contributed by atoms with Crippen LogP contribution in [-0.4, -0.2) is 32.1 Å². The number of carbonyl (C=O) groups is 1. The van der Waals surface area contributed by atoms with Gasteiger partial charge >= 0.3 is 5.97 Å². The fraction of sp³-hybridized carbons (Fsp3) is 0.316. The zero-order valence-corrected chi connectivity index (χ0v) is 15.2. The first-order chi connectivity index (χ1) is 11.4. The van der Waals surface area contributed by atoms with Crippen LogP contribution < -0.4 is 4.74 Å². The van der Waals surface area contributed by atoms with Gasteiger partial charge in [-0.2, -0.15) is 0 Å². The van der Waals surface area contributed by atoms with Crippen LogP contribution in [0, 0.1) is 0 Å². The summed E-state index contributed by atoms with van der Waals surface area (Å²) in [7, 11) is 4.86. The highest BCUT2D eigenvalue weighted by Gasteiger charge is 2.21. The average Bonchev–Trinajstić information content (AvgIpc) is 2.58. The van der Waals surface area contributed by atoms with Gasteiger partial charge < -0.3 is 14.4 Å². The summed E-state index contributed by atoms with van der Waals surface area (Å²) in [5.41, 5.74) is 4.22. The Kier molecular flexibility index (Phi) is 5.73. The lowest BCUT2D eigenvalue weighted by Crippen LogP contribution is -2.20. The molecule has 4 nitrogen and oxygen atoms in total. The van der Waals surface area contributed by atoms with Crippen LogP contribution >= 0.6 is 11.6 Å². The van der Waals surface area contributed by atoms with Crippen molar-refractivity contribution < 1.29 is 14.3 Å². The third-order valence-corrected chi connectivity index (χ3v) is 4.61. The summed E-state index contributed by atoms with van der Waals surface area (Å²) < 4.78 is 10.2. The molecule has 0 amide bonds. The van der Waals surface area contributed by atoms with E-state index in [4.69, 9.17) is 21.1 Å². The summed E-state index contributed by atoms with van der Waals surface area (Å²) in [4.78, 5) is 14.1. The molecule has 0 N–H and O–H groups in total. The van der Waals surface area contributed by atoms with Gasteiger partial charge in [0.15, 0.2) is 0 Å². The number of likely N-dealkylation sites (N-methyl/N-ethyl adjacent to an activating group) is 1. The van der Waals surface area contributed by atoms with Crippen molar-refractivity contribution in [3.8, 4) is 5.75 Å². The third-order valence-electron chi connectivity index (χ3n) is 4.27. The van der Waals surface area contributed by atoms with Crippen molar-refractivity contribution in [2.45, 2.75) is 19.8 Å². The lowest BCUT2D eigenvalue weighted by Gasteiger charge is -2.29. The van der Waals surface area contributed by atoms with E-state index >= 15 is 0 Å². The van der Waals surface area contributed by atoms with E-state index in [2.05, 4.69) is 6.58 Å². The first kappa shape index (κ1) is 18.1. The molecule has 5 heteroatoms. The second-order valence-electron chi connectivity index (χ2n) is 5.60. The highest BCUT2D eigenvalue weighted by atomic mass is 35.5. The molecule has 1 aliphatic rings. The number of carbonyl (C=O) groups excluding carboxylic acids is 1. The molecule has 1 aromatic rings. The van der Waals surface area contributed by atoms with E-state index < -0.39 is 5.97 Å². The number of methoxy groups -OCH3 is 2. The van der Waals surface area contributed by atoms with Crippen molar-refractivity contribution in [3.05, 3.63) is 64.0 Å². The van der Waals surface area contributed by atoms with Gasteiger partial charge in [-0.15, -0.1) is 0 Å². The number of halogens is 1. The number of hydrogen-bond acceptors (Lipinski definition) is 4. The Morgan fingerprint density at radius 2 is 2.00 bits per heavy atom. The molecular weight excluding hydrogens is 326 g/mol. The highest BCUT2D eigenvalue weighted by molar-refractivity contribution is 6.32. The van der Waals surface area contributed by atoms with Crippen molar-refractivity contribution in [2.24, 2.45) is 0 Å². The Morgan fingerprint density at radius 3 is 2.62 bits per heavy atom. The minimum Gasteiger partial charge on any atom is -0.496 e. The Labute approximate surface area is 148 Å². The summed E-state index contributed by atoms with van der Waals surface area (Å²) >= 11 is 6.39. The Bertz CT molecular complexity index is 734. The highest BCUT2D eigenvalue weighted by Crippen LogP contribution is 2.33. The molecule has 1 heterocycles. The molecule has 1 aliphatic heterocycles. The lowest BCUT2D eigenvalue weighted by molar-refractivity contribution is 0.0595. The molecule has 24 heavy (non-hydrogen) atoms. The first-order valence-corrected chi connectivity index (χ1v) is 8.02. The lowest BCUT2D eigenvalue weighted by atomic mass is 9.96. The van der Waals surface area contributed by atoms with Crippen molar-refractivity contribution in [1.29, 1.82) is 0 Å². The minimum absolute atomic E-state index is 0.405. The Balaban J connectivity index is 2.31. The van der Waals surface area contributed by atoms with Gasteiger partial charge in [0, 0.05) is 23.5 Å². The van der Waals surface area contributed by atoms with Crippen molar-refractivity contribution in [2.75, 3.05) is 21.3 Å². The number of esters is 1. The van der Waals surface area contributed by atoms with Gasteiger partial charge in [-0.25, -0.2) is 4.79 Å². The van der Waals surface area contributed by atoms with Gasteiger partial charge in [0.1, 0.15) is 11.3 Å². The van der Waals surface area contributed by atoms with Crippen molar-refractivity contribution >= 4 is 17.6 Å². The van der Waals surface area contributed by atoms with E-state index in [1.807, 2.05) is 37.1 Å². The predicted octanol–water partition coefficient (Wildman–Crippen LogP) is 4.27. The van der Waals surface area contributed by atoms with Crippen LogP contribution in [0.2, 0.25) is 0 Å². The summed E-state index contributed by atoms with van der Waals surface area (Å²) in [5, 5.41) is 0.693. The Hall–Kier alpha value is -2.20. The molecule has 0 spiro atoms. The molecule has 0 aromatic heterocycles. The van der Waals surface area contributed by atoms with Crippen molar-refractivity contribution in [3.63, 3.8) is 0 Å². The number of hydrogen-bond donors (Lipinski definition) is 0. The van der Waals surface area contributed by atoms with E-state index in [1.54, 1.807) is 6.07 Å². The Morgan fingerprint density at radius 1 is 1.29 bits per heavy atom. The molecule has 0 aliphatic carbocycles. The van der Waals surface area contributed by atoms with Crippen LogP contribution in [-0.2, 0) is 11.2 Å². The fourth-order valence-electron chi connectivity index (χ4n) is 2.73. The van der Waals surface area contributed by atoms with Crippen LogP contribution in [0.15, 0.2) is 52.9 Å².